The fraction of sp³-hybridized carbons (Fsp3) is 0.357. The Balaban J connectivity index is 2.03. The van der Waals surface area contributed by atoms with E-state index in [4.69, 9.17) is 4.42 Å². The molecule has 0 unspecified atom stereocenters. The number of anilines is 1. The molecule has 4 heteroatoms. The molecular weight excluding hydrogens is 244 g/mol. The third kappa shape index (κ3) is 2.01. The molecule has 0 aliphatic carbocycles. The highest BCUT2D eigenvalue weighted by Gasteiger charge is 2.14. The van der Waals surface area contributed by atoms with Crippen molar-refractivity contribution >= 4 is 17.8 Å². The minimum Gasteiger partial charge on any atom is -0.428 e. The summed E-state index contributed by atoms with van der Waals surface area (Å²) in [5.41, 5.74) is 3.54. The first kappa shape index (κ1) is 11.7. The summed E-state index contributed by atoms with van der Waals surface area (Å²) >= 11 is 1.95. The van der Waals surface area contributed by atoms with Gasteiger partial charge in [-0.1, -0.05) is 6.07 Å². The first-order valence-corrected chi connectivity index (χ1v) is 7.18. The van der Waals surface area contributed by atoms with Crippen LogP contribution >= 0.6 is 11.8 Å². The summed E-state index contributed by atoms with van der Waals surface area (Å²) in [6.45, 7) is 1.96. The minimum absolute atomic E-state index is 0.578. The second-order valence-corrected chi connectivity index (χ2v) is 5.59. The lowest BCUT2D eigenvalue weighted by atomic mass is 10.0. The highest BCUT2D eigenvalue weighted by atomic mass is 32.2. The van der Waals surface area contributed by atoms with Gasteiger partial charge < -0.3 is 9.73 Å². The van der Waals surface area contributed by atoms with Crippen molar-refractivity contribution in [2.45, 2.75) is 24.7 Å². The number of thioether (sulfide) groups is 1. The molecule has 0 saturated heterocycles. The highest BCUT2D eigenvalue weighted by Crippen LogP contribution is 2.34. The van der Waals surface area contributed by atoms with Crippen LogP contribution in [-0.4, -0.2) is 17.8 Å². The summed E-state index contributed by atoms with van der Waals surface area (Å²) < 4.78 is 5.53. The number of nitrogens with zero attached hydrogens (tertiary/aromatic N) is 1. The predicted octanol–water partition coefficient (Wildman–Crippen LogP) is 3.73. The quantitative estimate of drug-likeness (QED) is 0.893. The van der Waals surface area contributed by atoms with Gasteiger partial charge in [-0.2, -0.15) is 4.98 Å². The topological polar surface area (TPSA) is 38.1 Å². The summed E-state index contributed by atoms with van der Waals surface area (Å²) in [6, 6.07) is 7.18. The molecule has 1 aromatic carbocycles. The second kappa shape index (κ2) is 4.69. The van der Waals surface area contributed by atoms with E-state index in [1.807, 2.05) is 25.7 Å². The van der Waals surface area contributed by atoms with E-state index < -0.39 is 0 Å². The maximum absolute atomic E-state index is 5.53. The Morgan fingerprint density at radius 2 is 2.28 bits per heavy atom. The third-order valence-corrected chi connectivity index (χ3v) is 4.39. The molecule has 0 atom stereocenters. The molecule has 0 fully saturated rings. The molecule has 1 aliphatic rings. The van der Waals surface area contributed by atoms with Crippen LogP contribution in [0.15, 0.2) is 27.5 Å². The molecule has 0 bridgehead atoms. The molecule has 1 N–H and O–H groups in total. The number of hydrogen-bond acceptors (Lipinski definition) is 4. The van der Waals surface area contributed by atoms with Crippen molar-refractivity contribution in [2.75, 3.05) is 18.1 Å². The van der Waals surface area contributed by atoms with Gasteiger partial charge in [0.15, 0.2) is 0 Å². The summed E-state index contributed by atoms with van der Waals surface area (Å²) in [4.78, 5) is 5.88. The summed E-state index contributed by atoms with van der Waals surface area (Å²) in [7, 11) is 1.82. The molecule has 0 saturated carbocycles. The number of oxazole rings is 1. The van der Waals surface area contributed by atoms with Gasteiger partial charge in [0.2, 0.25) is 0 Å². The average molecular weight is 260 g/mol. The smallest absolute Gasteiger partial charge is 0.295 e. The van der Waals surface area contributed by atoms with Gasteiger partial charge in [0, 0.05) is 17.5 Å². The molecule has 1 aliphatic heterocycles. The van der Waals surface area contributed by atoms with Gasteiger partial charge in [-0.15, -0.1) is 11.8 Å². The Hall–Kier alpha value is -1.42. The maximum atomic E-state index is 5.53. The fourth-order valence-electron chi connectivity index (χ4n) is 2.28. The molecule has 0 amide bonds. The standard InChI is InChI=1S/C14H16N2OS/c1-9-13(16-14(15-2)17-9)11-5-6-12-10(8-11)4-3-7-18-12/h5-6,8H,3-4,7H2,1-2H3,(H,15,16). The lowest BCUT2D eigenvalue weighted by Crippen LogP contribution is -1.98. The van der Waals surface area contributed by atoms with Crippen LogP contribution < -0.4 is 5.32 Å². The van der Waals surface area contributed by atoms with Gasteiger partial charge in [-0.05, 0) is 43.2 Å². The monoisotopic (exact) mass is 260 g/mol. The summed E-state index contributed by atoms with van der Waals surface area (Å²) in [5.74, 6) is 2.10. The van der Waals surface area contributed by atoms with Gasteiger partial charge in [-0.3, -0.25) is 0 Å². The number of aryl methyl sites for hydroxylation is 2. The normalized spacial score (nSPS) is 14.3. The number of benzene rings is 1. The predicted molar refractivity (Wildman–Crippen MR) is 75.3 cm³/mol. The van der Waals surface area contributed by atoms with Gasteiger partial charge in [0.05, 0.1) is 0 Å². The first-order valence-electron chi connectivity index (χ1n) is 6.19. The van der Waals surface area contributed by atoms with Crippen molar-refractivity contribution in [1.82, 2.24) is 4.98 Å². The van der Waals surface area contributed by atoms with E-state index in [2.05, 4.69) is 28.5 Å². The SMILES string of the molecule is CNc1nc(-c2ccc3c(c2)CCCS3)c(C)o1. The molecule has 94 valence electrons. The lowest BCUT2D eigenvalue weighted by molar-refractivity contribution is 0.544. The van der Waals surface area contributed by atoms with Crippen molar-refractivity contribution in [2.24, 2.45) is 0 Å². The zero-order chi connectivity index (χ0) is 12.5. The fourth-order valence-corrected chi connectivity index (χ4v) is 3.30. The second-order valence-electron chi connectivity index (χ2n) is 4.45. The zero-order valence-corrected chi connectivity index (χ0v) is 11.4. The number of aromatic nitrogens is 1. The number of fused-ring (bicyclic) bond motifs is 1. The molecule has 0 radical (unpaired) electrons. The molecule has 3 rings (SSSR count). The van der Waals surface area contributed by atoms with E-state index in [0.717, 1.165) is 17.0 Å². The Bertz CT molecular complexity index is 577. The molecule has 3 nitrogen and oxygen atoms in total. The van der Waals surface area contributed by atoms with E-state index >= 15 is 0 Å². The van der Waals surface area contributed by atoms with E-state index in [1.165, 1.54) is 29.1 Å². The van der Waals surface area contributed by atoms with Crippen molar-refractivity contribution in [3.63, 3.8) is 0 Å². The van der Waals surface area contributed by atoms with E-state index in [0.29, 0.717) is 6.01 Å². The zero-order valence-electron chi connectivity index (χ0n) is 10.6. The van der Waals surface area contributed by atoms with Crippen LogP contribution in [0.2, 0.25) is 0 Å². The number of hydrogen-bond donors (Lipinski definition) is 1. The van der Waals surface area contributed by atoms with Gasteiger partial charge >= 0.3 is 0 Å². The van der Waals surface area contributed by atoms with E-state index in [9.17, 15) is 0 Å². The largest absolute Gasteiger partial charge is 0.428 e. The van der Waals surface area contributed by atoms with Crippen molar-refractivity contribution in [1.29, 1.82) is 0 Å². The maximum Gasteiger partial charge on any atom is 0.295 e. The van der Waals surface area contributed by atoms with E-state index in [-0.39, 0.29) is 0 Å². The minimum atomic E-state index is 0.578. The Kier molecular flexibility index (Phi) is 3.04. The molecule has 2 aromatic rings. The Labute approximate surface area is 111 Å². The summed E-state index contributed by atoms with van der Waals surface area (Å²) in [5, 5.41) is 2.94. The van der Waals surface area contributed by atoms with Crippen LogP contribution in [0.3, 0.4) is 0 Å². The Morgan fingerprint density at radius 3 is 3.06 bits per heavy atom. The molecule has 18 heavy (non-hydrogen) atoms. The van der Waals surface area contributed by atoms with Crippen LogP contribution in [0.5, 0.6) is 0 Å². The number of rotatable bonds is 2. The van der Waals surface area contributed by atoms with Crippen LogP contribution in [0.4, 0.5) is 6.01 Å². The Morgan fingerprint density at radius 1 is 1.39 bits per heavy atom. The van der Waals surface area contributed by atoms with E-state index in [1.54, 1.807) is 0 Å². The average Bonchev–Trinajstić information content (AvgIpc) is 2.79. The van der Waals surface area contributed by atoms with Crippen LogP contribution in [0.1, 0.15) is 17.7 Å². The van der Waals surface area contributed by atoms with Gasteiger partial charge in [-0.25, -0.2) is 0 Å². The highest BCUT2D eigenvalue weighted by molar-refractivity contribution is 7.99. The van der Waals surface area contributed by atoms with Crippen molar-refractivity contribution in [3.8, 4) is 11.3 Å². The van der Waals surface area contributed by atoms with Crippen molar-refractivity contribution in [3.05, 3.63) is 29.5 Å². The van der Waals surface area contributed by atoms with Crippen LogP contribution in [0.25, 0.3) is 11.3 Å². The first-order chi connectivity index (χ1) is 8.78. The molecule has 2 heterocycles. The van der Waals surface area contributed by atoms with Crippen LogP contribution in [-0.2, 0) is 6.42 Å². The number of nitrogens with one attached hydrogen (secondary N) is 1. The third-order valence-electron chi connectivity index (χ3n) is 3.19. The lowest BCUT2D eigenvalue weighted by Gasteiger charge is -2.15. The van der Waals surface area contributed by atoms with Gasteiger partial charge in [0.25, 0.3) is 6.01 Å². The molecule has 0 spiro atoms. The van der Waals surface area contributed by atoms with Crippen molar-refractivity contribution < 1.29 is 4.42 Å². The molecular formula is C14H16N2OS. The van der Waals surface area contributed by atoms with Gasteiger partial charge in [0.1, 0.15) is 11.5 Å². The molecule has 1 aromatic heterocycles. The van der Waals surface area contributed by atoms with Crippen LogP contribution in [0, 0.1) is 6.92 Å². The summed E-state index contributed by atoms with van der Waals surface area (Å²) in [6.07, 6.45) is 2.44.